The van der Waals surface area contributed by atoms with Crippen LogP contribution in [-0.4, -0.2) is 58.8 Å². The average Bonchev–Trinajstić information content (AvgIpc) is 3.22. The standard InChI is InChI=1S/C23H26Cl2F3N3O5S2/c1-3-38(35,36)21-5-4-16(24)8-15(21)11-29-22(32)14-9-19(23(26,27)28)18(20(25)10-14)13-31-7-6-17(12-31)30-37(2,33)34/h4-5,8-10,17,30H,3,6-7,11-13H2,1-2H3,(H,29,32)/t17-/m1/s1. The normalized spacial score (nSPS) is 17.1. The molecular formula is C23H26Cl2F3N3O5S2. The minimum Gasteiger partial charge on any atom is -0.348 e. The number of benzene rings is 2. The van der Waals surface area contributed by atoms with E-state index >= 15 is 0 Å². The Morgan fingerprint density at radius 1 is 1.13 bits per heavy atom. The summed E-state index contributed by atoms with van der Waals surface area (Å²) in [6.07, 6.45) is -3.39. The number of amides is 1. The number of sulfonamides is 1. The summed E-state index contributed by atoms with van der Waals surface area (Å²) in [5, 5.41) is 2.39. The summed E-state index contributed by atoms with van der Waals surface area (Å²) >= 11 is 12.2. The number of carbonyl (C=O) groups is 1. The van der Waals surface area contributed by atoms with Gasteiger partial charge in [0.15, 0.2) is 9.84 Å². The minimum absolute atomic E-state index is 0.0386. The van der Waals surface area contributed by atoms with E-state index in [-0.39, 0.29) is 57.0 Å². The number of likely N-dealkylation sites (tertiary alicyclic amines) is 1. The van der Waals surface area contributed by atoms with Crippen molar-refractivity contribution in [2.45, 2.75) is 43.5 Å². The fourth-order valence-electron chi connectivity index (χ4n) is 4.20. The van der Waals surface area contributed by atoms with Gasteiger partial charge in [0.25, 0.3) is 5.91 Å². The van der Waals surface area contributed by atoms with Crippen LogP contribution in [0.1, 0.15) is 40.4 Å². The highest BCUT2D eigenvalue weighted by atomic mass is 35.5. The number of rotatable bonds is 9. The van der Waals surface area contributed by atoms with Crippen molar-refractivity contribution in [2.75, 3.05) is 25.1 Å². The van der Waals surface area contributed by atoms with E-state index in [9.17, 15) is 34.8 Å². The molecule has 0 aliphatic carbocycles. The quantitative estimate of drug-likeness (QED) is 0.443. The lowest BCUT2D eigenvalue weighted by Gasteiger charge is -2.21. The fraction of sp³-hybridized carbons (Fsp3) is 0.435. The molecule has 0 radical (unpaired) electrons. The van der Waals surface area contributed by atoms with E-state index in [1.165, 1.54) is 25.1 Å². The number of sulfone groups is 1. The third-order valence-corrected chi connectivity index (χ3v) is 9.14. The second-order valence-corrected chi connectivity index (χ2v) is 13.8. The monoisotopic (exact) mass is 615 g/mol. The molecule has 0 aromatic heterocycles. The van der Waals surface area contributed by atoms with E-state index in [0.29, 0.717) is 19.0 Å². The van der Waals surface area contributed by atoms with E-state index in [1.54, 1.807) is 4.90 Å². The molecule has 1 aliphatic rings. The molecular weight excluding hydrogens is 590 g/mol. The highest BCUT2D eigenvalue weighted by molar-refractivity contribution is 7.91. The van der Waals surface area contributed by atoms with Gasteiger partial charge in [0, 0.05) is 47.8 Å². The molecule has 0 spiro atoms. The molecule has 1 saturated heterocycles. The largest absolute Gasteiger partial charge is 0.416 e. The predicted molar refractivity (Wildman–Crippen MR) is 138 cm³/mol. The first kappa shape index (κ1) is 30.6. The lowest BCUT2D eigenvalue weighted by atomic mass is 10.0. The zero-order valence-corrected chi connectivity index (χ0v) is 23.5. The summed E-state index contributed by atoms with van der Waals surface area (Å²) in [5.41, 5.74) is -1.49. The van der Waals surface area contributed by atoms with Gasteiger partial charge in [-0.25, -0.2) is 21.6 Å². The zero-order valence-electron chi connectivity index (χ0n) is 20.4. The molecule has 15 heteroatoms. The number of alkyl halides is 3. The molecule has 0 bridgehead atoms. The Morgan fingerprint density at radius 2 is 1.82 bits per heavy atom. The summed E-state index contributed by atoms with van der Waals surface area (Å²) in [4.78, 5) is 14.4. The molecule has 2 aromatic rings. The third kappa shape index (κ3) is 7.82. The molecule has 1 fully saturated rings. The van der Waals surface area contributed by atoms with Crippen molar-refractivity contribution in [1.82, 2.24) is 14.9 Å². The van der Waals surface area contributed by atoms with Crippen molar-refractivity contribution in [2.24, 2.45) is 0 Å². The molecule has 0 unspecified atom stereocenters. The van der Waals surface area contributed by atoms with Crippen LogP contribution in [0, 0.1) is 0 Å². The van der Waals surface area contributed by atoms with Crippen LogP contribution in [0.4, 0.5) is 13.2 Å². The molecule has 1 aliphatic heterocycles. The van der Waals surface area contributed by atoms with Crippen molar-refractivity contribution < 1.29 is 34.8 Å². The van der Waals surface area contributed by atoms with Crippen LogP contribution in [0.3, 0.4) is 0 Å². The Labute approximate surface area is 229 Å². The fourth-order valence-corrected chi connectivity index (χ4v) is 6.59. The van der Waals surface area contributed by atoms with E-state index in [0.717, 1.165) is 12.3 Å². The maximum atomic E-state index is 14.0. The summed E-state index contributed by atoms with van der Waals surface area (Å²) in [6.45, 7) is 1.52. The zero-order chi connectivity index (χ0) is 28.5. The summed E-state index contributed by atoms with van der Waals surface area (Å²) in [7, 11) is -7.11. The Morgan fingerprint density at radius 3 is 2.42 bits per heavy atom. The summed E-state index contributed by atoms with van der Waals surface area (Å²) in [5.74, 6) is -1.08. The first-order valence-electron chi connectivity index (χ1n) is 11.4. The maximum absolute atomic E-state index is 14.0. The molecule has 210 valence electrons. The Hall–Kier alpha value is -1.90. The van der Waals surface area contributed by atoms with E-state index in [2.05, 4.69) is 10.0 Å². The second-order valence-electron chi connectivity index (χ2n) is 8.93. The molecule has 1 atom stereocenters. The molecule has 0 saturated carbocycles. The topological polar surface area (TPSA) is 113 Å². The predicted octanol–water partition coefficient (Wildman–Crippen LogP) is 3.86. The van der Waals surface area contributed by atoms with Crippen molar-refractivity contribution in [3.63, 3.8) is 0 Å². The lowest BCUT2D eigenvalue weighted by Crippen LogP contribution is -2.36. The Balaban J connectivity index is 1.84. The third-order valence-electron chi connectivity index (χ3n) is 5.97. The van der Waals surface area contributed by atoms with Gasteiger partial charge in [-0.15, -0.1) is 0 Å². The van der Waals surface area contributed by atoms with Gasteiger partial charge in [0.2, 0.25) is 10.0 Å². The second kappa shape index (κ2) is 11.7. The molecule has 1 amide bonds. The van der Waals surface area contributed by atoms with Crippen molar-refractivity contribution >= 4 is 49.0 Å². The number of carbonyl (C=O) groups excluding carboxylic acids is 1. The molecule has 3 rings (SSSR count). The van der Waals surface area contributed by atoms with Crippen LogP contribution in [-0.2, 0) is 39.1 Å². The van der Waals surface area contributed by atoms with Gasteiger partial charge < -0.3 is 5.32 Å². The molecule has 2 aromatic carbocycles. The lowest BCUT2D eigenvalue weighted by molar-refractivity contribution is -0.138. The number of nitrogens with zero attached hydrogens (tertiary/aromatic N) is 1. The number of halogens is 5. The van der Waals surface area contributed by atoms with Crippen LogP contribution in [0.25, 0.3) is 0 Å². The van der Waals surface area contributed by atoms with Gasteiger partial charge >= 0.3 is 6.18 Å². The maximum Gasteiger partial charge on any atom is 0.416 e. The number of hydrogen-bond acceptors (Lipinski definition) is 6. The van der Waals surface area contributed by atoms with Gasteiger partial charge in [-0.05, 0) is 47.9 Å². The Bertz CT molecular complexity index is 1430. The van der Waals surface area contributed by atoms with E-state index < -0.39 is 43.5 Å². The summed E-state index contributed by atoms with van der Waals surface area (Å²) in [6, 6.07) is 5.44. The van der Waals surface area contributed by atoms with Crippen LogP contribution in [0.2, 0.25) is 10.0 Å². The Kier molecular flexibility index (Phi) is 9.42. The van der Waals surface area contributed by atoms with Crippen molar-refractivity contribution in [1.29, 1.82) is 0 Å². The van der Waals surface area contributed by atoms with Crippen molar-refractivity contribution in [3.8, 4) is 0 Å². The first-order valence-corrected chi connectivity index (χ1v) is 15.7. The smallest absolute Gasteiger partial charge is 0.348 e. The van der Waals surface area contributed by atoms with Crippen LogP contribution in [0.5, 0.6) is 0 Å². The van der Waals surface area contributed by atoms with Gasteiger partial charge in [-0.1, -0.05) is 30.1 Å². The van der Waals surface area contributed by atoms with E-state index in [1.807, 2.05) is 0 Å². The molecule has 2 N–H and O–H groups in total. The van der Waals surface area contributed by atoms with Gasteiger partial charge in [-0.2, -0.15) is 13.2 Å². The molecule has 1 heterocycles. The SMILES string of the molecule is CCS(=O)(=O)c1ccc(Cl)cc1CNC(=O)c1cc(Cl)c(CN2CC[C@@H](NS(C)(=O)=O)C2)c(C(F)(F)F)c1. The van der Waals surface area contributed by atoms with Crippen LogP contribution in [0.15, 0.2) is 35.2 Å². The van der Waals surface area contributed by atoms with Gasteiger partial charge in [0.05, 0.1) is 22.5 Å². The van der Waals surface area contributed by atoms with E-state index in [4.69, 9.17) is 23.2 Å². The van der Waals surface area contributed by atoms with Crippen LogP contribution < -0.4 is 10.0 Å². The number of hydrogen-bond donors (Lipinski definition) is 2. The van der Waals surface area contributed by atoms with Gasteiger partial charge in [0.1, 0.15) is 0 Å². The average molecular weight is 617 g/mol. The van der Waals surface area contributed by atoms with Crippen LogP contribution >= 0.6 is 23.2 Å². The van der Waals surface area contributed by atoms with Gasteiger partial charge in [-0.3, -0.25) is 9.69 Å². The molecule has 38 heavy (non-hydrogen) atoms. The molecule has 8 nitrogen and oxygen atoms in total. The summed E-state index contributed by atoms with van der Waals surface area (Å²) < 4.78 is 92.1. The highest BCUT2D eigenvalue weighted by Gasteiger charge is 2.37. The highest BCUT2D eigenvalue weighted by Crippen LogP contribution is 2.37. The minimum atomic E-state index is -4.82. The number of nitrogens with one attached hydrogen (secondary N) is 2. The van der Waals surface area contributed by atoms with Crippen molar-refractivity contribution in [3.05, 3.63) is 62.6 Å². The first-order chi connectivity index (χ1) is 17.5.